The Kier molecular flexibility index (Phi) is 2.99. The second kappa shape index (κ2) is 3.82. The molecule has 0 spiro atoms. The van der Waals surface area contributed by atoms with Gasteiger partial charge in [-0.3, -0.25) is 9.78 Å². The average molecular weight is 187 g/mol. The van der Waals surface area contributed by atoms with E-state index in [1.54, 1.807) is 11.6 Å². The van der Waals surface area contributed by atoms with Gasteiger partial charge in [0.05, 0.1) is 6.10 Å². The number of aromatic amines is 1. The molecule has 0 amide bonds. The van der Waals surface area contributed by atoms with Crippen LogP contribution in [-0.4, -0.2) is 26.0 Å². The monoisotopic (exact) mass is 187 g/mol. The molecule has 0 saturated heterocycles. The Hall–Kier alpha value is -0.680. The van der Waals surface area contributed by atoms with Crippen LogP contribution in [0.3, 0.4) is 0 Å². The summed E-state index contributed by atoms with van der Waals surface area (Å²) in [5.41, 5.74) is 0. The molecule has 1 aromatic rings. The Bertz CT molecular complexity index is 302. The number of hydrogen-bond donors (Lipinski definition) is 2. The Balaban J connectivity index is 2.59. The molecule has 68 valence electrons. The largest absolute Gasteiger partial charge is 0.393 e. The summed E-state index contributed by atoms with van der Waals surface area (Å²) in [6, 6.07) is 0. The molecule has 0 radical (unpaired) electrons. The maximum atomic E-state index is 9.02. The molecule has 1 rings (SSSR count). The lowest BCUT2D eigenvalue weighted by Gasteiger charge is -1.99. The van der Waals surface area contributed by atoms with Crippen molar-refractivity contribution in [3.05, 3.63) is 10.6 Å². The summed E-state index contributed by atoms with van der Waals surface area (Å²) in [5, 5.41) is 12.0. The summed E-state index contributed by atoms with van der Waals surface area (Å²) in [4.78, 5) is 4.09. The van der Waals surface area contributed by atoms with E-state index in [0.29, 0.717) is 11.2 Å². The van der Waals surface area contributed by atoms with Crippen molar-refractivity contribution in [3.8, 4) is 0 Å². The summed E-state index contributed by atoms with van der Waals surface area (Å²) >= 11 is 4.91. The zero-order chi connectivity index (χ0) is 9.14. The van der Waals surface area contributed by atoms with Gasteiger partial charge >= 0.3 is 0 Å². The molecule has 0 aromatic carbocycles. The van der Waals surface area contributed by atoms with Crippen molar-refractivity contribution in [2.45, 2.75) is 25.9 Å². The number of aromatic nitrogens is 3. The average Bonchev–Trinajstić information content (AvgIpc) is 2.28. The van der Waals surface area contributed by atoms with Crippen molar-refractivity contribution < 1.29 is 5.11 Å². The first-order chi connectivity index (χ1) is 5.59. The summed E-state index contributed by atoms with van der Waals surface area (Å²) in [7, 11) is 1.82. The molecule has 1 unspecified atom stereocenters. The van der Waals surface area contributed by atoms with Gasteiger partial charge in [-0.05, 0) is 25.6 Å². The van der Waals surface area contributed by atoms with Crippen LogP contribution < -0.4 is 0 Å². The number of H-pyrrole nitrogens is 1. The minimum atomic E-state index is -0.283. The minimum absolute atomic E-state index is 0.283. The maximum absolute atomic E-state index is 9.02. The van der Waals surface area contributed by atoms with Gasteiger partial charge in [-0.25, -0.2) is 4.98 Å². The molecule has 1 atom stereocenters. The fourth-order valence-electron chi connectivity index (χ4n) is 0.914. The highest BCUT2D eigenvalue weighted by Crippen LogP contribution is 1.99. The Morgan fingerprint density at radius 2 is 2.42 bits per heavy atom. The highest BCUT2D eigenvalue weighted by atomic mass is 32.1. The molecule has 2 N–H and O–H groups in total. The predicted molar refractivity (Wildman–Crippen MR) is 48.4 cm³/mol. The molecule has 0 fully saturated rings. The van der Waals surface area contributed by atoms with E-state index < -0.39 is 0 Å². The first kappa shape index (κ1) is 9.41. The van der Waals surface area contributed by atoms with Crippen molar-refractivity contribution in [2.75, 3.05) is 0 Å². The third-order valence-corrected chi connectivity index (χ3v) is 1.98. The standard InChI is InChI=1S/C7H13N3OS/c1-5(11)3-4-6-8-7(12)10(2)9-6/h5,11H,3-4H2,1-2H3,(H,8,9,12). The molecule has 0 saturated carbocycles. The Morgan fingerprint density at radius 3 is 2.83 bits per heavy atom. The van der Waals surface area contributed by atoms with Gasteiger partial charge in [-0.2, -0.15) is 0 Å². The SMILES string of the molecule is CC(O)CCc1nc(=S)n(C)[nH]1. The van der Waals surface area contributed by atoms with Crippen LogP contribution in [0.4, 0.5) is 0 Å². The number of aliphatic hydroxyl groups excluding tert-OH is 1. The van der Waals surface area contributed by atoms with Gasteiger partial charge in [0.15, 0.2) is 0 Å². The zero-order valence-electron chi connectivity index (χ0n) is 7.24. The van der Waals surface area contributed by atoms with Gasteiger partial charge in [-0.15, -0.1) is 0 Å². The molecule has 12 heavy (non-hydrogen) atoms. The number of rotatable bonds is 3. The molecule has 0 aliphatic heterocycles. The summed E-state index contributed by atoms with van der Waals surface area (Å²) in [6.07, 6.45) is 1.17. The number of aliphatic hydroxyl groups is 1. The minimum Gasteiger partial charge on any atom is -0.393 e. The molecule has 0 aliphatic rings. The second-order valence-corrected chi connectivity index (χ2v) is 3.26. The number of aryl methyl sites for hydroxylation is 2. The predicted octanol–water partition coefficient (Wildman–Crippen LogP) is 0.791. The van der Waals surface area contributed by atoms with Gasteiger partial charge in [0.2, 0.25) is 4.77 Å². The van der Waals surface area contributed by atoms with E-state index in [0.717, 1.165) is 12.2 Å². The molecular weight excluding hydrogens is 174 g/mol. The van der Waals surface area contributed by atoms with Crippen molar-refractivity contribution in [2.24, 2.45) is 7.05 Å². The van der Waals surface area contributed by atoms with Crippen LogP contribution in [0.2, 0.25) is 0 Å². The summed E-state index contributed by atoms with van der Waals surface area (Å²) < 4.78 is 2.24. The first-order valence-electron chi connectivity index (χ1n) is 3.89. The van der Waals surface area contributed by atoms with E-state index in [2.05, 4.69) is 10.1 Å². The topological polar surface area (TPSA) is 53.8 Å². The Labute approximate surface area is 76.2 Å². The molecule has 4 nitrogen and oxygen atoms in total. The van der Waals surface area contributed by atoms with E-state index in [1.165, 1.54) is 0 Å². The summed E-state index contributed by atoms with van der Waals surface area (Å²) in [5.74, 6) is 0.836. The second-order valence-electron chi connectivity index (χ2n) is 2.90. The fourth-order valence-corrected chi connectivity index (χ4v) is 1.07. The van der Waals surface area contributed by atoms with Crippen LogP contribution in [0.15, 0.2) is 0 Å². The van der Waals surface area contributed by atoms with Crippen molar-refractivity contribution >= 4 is 12.2 Å². The first-order valence-corrected chi connectivity index (χ1v) is 4.30. The lowest BCUT2D eigenvalue weighted by atomic mass is 10.2. The third kappa shape index (κ3) is 2.42. The van der Waals surface area contributed by atoms with Crippen LogP contribution in [0, 0.1) is 4.77 Å². The third-order valence-electron chi connectivity index (χ3n) is 1.61. The van der Waals surface area contributed by atoms with Crippen LogP contribution in [0.1, 0.15) is 19.2 Å². The number of nitrogens with zero attached hydrogens (tertiary/aromatic N) is 2. The van der Waals surface area contributed by atoms with E-state index in [1.807, 2.05) is 7.05 Å². The summed E-state index contributed by atoms with van der Waals surface area (Å²) in [6.45, 7) is 1.76. The lowest BCUT2D eigenvalue weighted by Crippen LogP contribution is -2.02. The van der Waals surface area contributed by atoms with Gasteiger partial charge in [-0.1, -0.05) is 0 Å². The maximum Gasteiger partial charge on any atom is 0.215 e. The highest BCUT2D eigenvalue weighted by molar-refractivity contribution is 7.71. The van der Waals surface area contributed by atoms with Crippen molar-refractivity contribution in [1.82, 2.24) is 14.8 Å². The molecule has 5 heteroatoms. The van der Waals surface area contributed by atoms with E-state index in [9.17, 15) is 0 Å². The number of nitrogens with one attached hydrogen (secondary N) is 1. The number of hydrogen-bond acceptors (Lipinski definition) is 3. The van der Waals surface area contributed by atoms with Gasteiger partial charge in [0.1, 0.15) is 5.82 Å². The lowest BCUT2D eigenvalue weighted by molar-refractivity contribution is 0.184. The van der Waals surface area contributed by atoms with Crippen LogP contribution >= 0.6 is 12.2 Å². The van der Waals surface area contributed by atoms with Crippen LogP contribution in [0.25, 0.3) is 0 Å². The van der Waals surface area contributed by atoms with E-state index in [4.69, 9.17) is 17.3 Å². The van der Waals surface area contributed by atoms with E-state index in [-0.39, 0.29) is 6.10 Å². The zero-order valence-corrected chi connectivity index (χ0v) is 8.06. The quantitative estimate of drug-likeness (QED) is 0.688. The van der Waals surface area contributed by atoms with Crippen LogP contribution in [0.5, 0.6) is 0 Å². The fraction of sp³-hybridized carbons (Fsp3) is 0.714. The van der Waals surface area contributed by atoms with E-state index >= 15 is 0 Å². The van der Waals surface area contributed by atoms with Crippen LogP contribution in [-0.2, 0) is 13.5 Å². The Morgan fingerprint density at radius 1 is 1.75 bits per heavy atom. The molecule has 0 bridgehead atoms. The molecule has 0 aliphatic carbocycles. The van der Waals surface area contributed by atoms with Crippen molar-refractivity contribution in [1.29, 1.82) is 0 Å². The normalized spacial score (nSPS) is 13.2. The van der Waals surface area contributed by atoms with Gasteiger partial charge in [0, 0.05) is 13.5 Å². The highest BCUT2D eigenvalue weighted by Gasteiger charge is 2.01. The van der Waals surface area contributed by atoms with Gasteiger partial charge < -0.3 is 5.11 Å². The molecule has 1 heterocycles. The van der Waals surface area contributed by atoms with Crippen molar-refractivity contribution in [3.63, 3.8) is 0 Å². The van der Waals surface area contributed by atoms with Gasteiger partial charge in [0.25, 0.3) is 0 Å². The smallest absolute Gasteiger partial charge is 0.215 e. The molecular formula is C7H13N3OS. The molecule has 1 aromatic heterocycles.